The van der Waals surface area contributed by atoms with Gasteiger partial charge in [-0.25, -0.2) is 8.42 Å². The molecule has 0 atom stereocenters. The largest absolute Gasteiger partial charge is 0.378 e. The number of allylic oxidation sites excluding steroid dienone is 3. The van der Waals surface area contributed by atoms with Gasteiger partial charge in [-0.3, -0.25) is 0 Å². The van der Waals surface area contributed by atoms with E-state index in [1.807, 2.05) is 11.9 Å². The highest BCUT2D eigenvalue weighted by Crippen LogP contribution is 2.05. The Morgan fingerprint density at radius 1 is 1.58 bits per heavy atom. The minimum Gasteiger partial charge on any atom is -0.378 e. The van der Waals surface area contributed by atoms with Crippen molar-refractivity contribution in [3.8, 4) is 6.07 Å². The third kappa shape index (κ3) is 5.87. The smallest absolute Gasteiger partial charge is 0.185 e. The first-order chi connectivity index (χ1) is 8.93. The predicted molar refractivity (Wildman–Crippen MR) is 70.9 cm³/mol. The van der Waals surface area contributed by atoms with Crippen LogP contribution in [-0.4, -0.2) is 59.1 Å². The molecule has 1 fully saturated rings. The van der Waals surface area contributed by atoms with E-state index in [-0.39, 0.29) is 11.0 Å². The maximum Gasteiger partial charge on any atom is 0.185 e. The molecule has 0 aromatic carbocycles. The van der Waals surface area contributed by atoms with Crippen LogP contribution in [0.15, 0.2) is 23.3 Å². The second-order valence-corrected chi connectivity index (χ2v) is 6.25. The summed E-state index contributed by atoms with van der Waals surface area (Å²) in [5, 5.41) is 8.69. The molecule has 7 heteroatoms. The van der Waals surface area contributed by atoms with Crippen LogP contribution in [-0.2, 0) is 19.3 Å². The van der Waals surface area contributed by atoms with Gasteiger partial charge in [0.1, 0.15) is 17.1 Å². The molecular formula is C12H18N2O4S. The molecule has 106 valence electrons. The molecule has 0 N–H and O–H groups in total. The number of nitrogens with zero attached hydrogens (tertiary/aromatic N) is 2. The van der Waals surface area contributed by atoms with E-state index in [1.54, 1.807) is 12.3 Å². The SMILES string of the molecule is CN(/C=C/C=C(\C#N)S(C)(=O)=O)CCOC1COC1. The summed E-state index contributed by atoms with van der Waals surface area (Å²) in [6, 6.07) is 1.65. The summed E-state index contributed by atoms with van der Waals surface area (Å²) in [6.07, 6.45) is 5.73. The first-order valence-corrected chi connectivity index (χ1v) is 7.71. The number of hydrogen-bond donors (Lipinski definition) is 0. The fraction of sp³-hybridized carbons (Fsp3) is 0.583. The molecule has 1 rings (SSSR count). The van der Waals surface area contributed by atoms with Crippen molar-refractivity contribution in [1.29, 1.82) is 5.26 Å². The van der Waals surface area contributed by atoms with E-state index in [9.17, 15) is 8.42 Å². The lowest BCUT2D eigenvalue weighted by atomic mass is 10.3. The van der Waals surface area contributed by atoms with Gasteiger partial charge in [-0.15, -0.1) is 0 Å². The van der Waals surface area contributed by atoms with E-state index >= 15 is 0 Å². The van der Waals surface area contributed by atoms with Gasteiger partial charge < -0.3 is 14.4 Å². The van der Waals surface area contributed by atoms with Crippen LogP contribution >= 0.6 is 0 Å². The van der Waals surface area contributed by atoms with Gasteiger partial charge in [0.25, 0.3) is 0 Å². The molecule has 1 heterocycles. The first-order valence-electron chi connectivity index (χ1n) is 5.81. The van der Waals surface area contributed by atoms with E-state index in [0.29, 0.717) is 26.4 Å². The van der Waals surface area contributed by atoms with Crippen LogP contribution in [0.1, 0.15) is 0 Å². The van der Waals surface area contributed by atoms with E-state index in [2.05, 4.69) is 0 Å². The summed E-state index contributed by atoms with van der Waals surface area (Å²) < 4.78 is 32.8. The lowest BCUT2D eigenvalue weighted by molar-refractivity contribution is -0.130. The van der Waals surface area contributed by atoms with Crippen LogP contribution in [0, 0.1) is 11.3 Å². The van der Waals surface area contributed by atoms with E-state index in [1.165, 1.54) is 12.2 Å². The zero-order valence-electron chi connectivity index (χ0n) is 11.1. The van der Waals surface area contributed by atoms with Crippen molar-refractivity contribution < 1.29 is 17.9 Å². The van der Waals surface area contributed by atoms with Crippen molar-refractivity contribution in [1.82, 2.24) is 4.90 Å². The fourth-order valence-corrected chi connectivity index (χ4v) is 1.76. The molecule has 0 spiro atoms. The highest BCUT2D eigenvalue weighted by molar-refractivity contribution is 7.94. The van der Waals surface area contributed by atoms with Crippen molar-refractivity contribution in [2.45, 2.75) is 6.10 Å². The molecule has 6 nitrogen and oxygen atoms in total. The second-order valence-electron chi connectivity index (χ2n) is 4.27. The number of likely N-dealkylation sites (N-methyl/N-ethyl adjacent to an activating group) is 1. The van der Waals surface area contributed by atoms with Crippen molar-refractivity contribution in [3.05, 3.63) is 23.3 Å². The maximum absolute atomic E-state index is 11.2. The highest BCUT2D eigenvalue weighted by atomic mass is 32.2. The van der Waals surface area contributed by atoms with E-state index < -0.39 is 9.84 Å². The van der Waals surface area contributed by atoms with Crippen molar-refractivity contribution >= 4 is 9.84 Å². The lowest BCUT2D eigenvalue weighted by Gasteiger charge is -2.26. The molecular weight excluding hydrogens is 268 g/mol. The Balaban J connectivity index is 2.34. The van der Waals surface area contributed by atoms with Gasteiger partial charge in [0.2, 0.25) is 0 Å². The highest BCUT2D eigenvalue weighted by Gasteiger charge is 2.18. The quantitative estimate of drug-likeness (QED) is 0.494. The summed E-state index contributed by atoms with van der Waals surface area (Å²) in [7, 11) is -1.60. The summed E-state index contributed by atoms with van der Waals surface area (Å²) in [6.45, 7) is 2.57. The zero-order valence-corrected chi connectivity index (χ0v) is 11.9. The van der Waals surface area contributed by atoms with Crippen LogP contribution in [0.3, 0.4) is 0 Å². The van der Waals surface area contributed by atoms with Gasteiger partial charge in [0.15, 0.2) is 9.84 Å². The Morgan fingerprint density at radius 2 is 2.26 bits per heavy atom. The van der Waals surface area contributed by atoms with Crippen LogP contribution in [0.2, 0.25) is 0 Å². The zero-order chi connectivity index (χ0) is 14.3. The lowest BCUT2D eigenvalue weighted by Crippen LogP contribution is -2.37. The van der Waals surface area contributed by atoms with Crippen molar-refractivity contribution in [3.63, 3.8) is 0 Å². The maximum atomic E-state index is 11.2. The van der Waals surface area contributed by atoms with Gasteiger partial charge in [-0.1, -0.05) is 0 Å². The van der Waals surface area contributed by atoms with Crippen LogP contribution in [0.5, 0.6) is 0 Å². The second kappa shape index (κ2) is 7.28. The molecule has 0 unspecified atom stereocenters. The summed E-state index contributed by atoms with van der Waals surface area (Å²) in [4.78, 5) is 1.60. The molecule has 0 aliphatic carbocycles. The standard InChI is InChI=1S/C12H18N2O4S/c1-14(6-7-18-11-9-17-10-11)5-3-4-12(8-13)19(2,15)16/h3-5,11H,6-7,9-10H2,1-2H3/b5-3+,12-4+. The molecule has 0 amide bonds. The molecule has 0 aromatic heterocycles. The van der Waals surface area contributed by atoms with Gasteiger partial charge in [-0.05, 0) is 18.4 Å². The third-order valence-electron chi connectivity index (χ3n) is 2.50. The van der Waals surface area contributed by atoms with Gasteiger partial charge >= 0.3 is 0 Å². The Bertz CT molecular complexity index is 486. The average Bonchev–Trinajstić information content (AvgIpc) is 2.26. The van der Waals surface area contributed by atoms with Gasteiger partial charge in [-0.2, -0.15) is 5.26 Å². The number of ether oxygens (including phenoxy) is 2. The Hall–Kier alpha value is -1.36. The third-order valence-corrected chi connectivity index (χ3v) is 3.53. The first kappa shape index (κ1) is 15.7. The molecule has 1 saturated heterocycles. The Morgan fingerprint density at radius 3 is 2.74 bits per heavy atom. The number of rotatable bonds is 7. The average molecular weight is 286 g/mol. The topological polar surface area (TPSA) is 79.6 Å². The molecule has 0 bridgehead atoms. The predicted octanol–water partition coefficient (Wildman–Crippen LogP) is 0.299. The number of sulfone groups is 1. The summed E-state index contributed by atoms with van der Waals surface area (Å²) >= 11 is 0. The molecule has 0 aromatic rings. The van der Waals surface area contributed by atoms with Crippen molar-refractivity contribution in [2.75, 3.05) is 39.7 Å². The summed E-state index contributed by atoms with van der Waals surface area (Å²) in [5.41, 5.74) is 0. The minimum absolute atomic E-state index is 0.202. The molecule has 0 saturated carbocycles. The summed E-state index contributed by atoms with van der Waals surface area (Å²) in [5.74, 6) is 0. The van der Waals surface area contributed by atoms with E-state index in [0.717, 1.165) is 6.26 Å². The van der Waals surface area contributed by atoms with Crippen LogP contribution in [0.25, 0.3) is 0 Å². The molecule has 0 radical (unpaired) electrons. The number of hydrogen-bond acceptors (Lipinski definition) is 6. The van der Waals surface area contributed by atoms with E-state index in [4.69, 9.17) is 14.7 Å². The molecule has 1 aliphatic heterocycles. The van der Waals surface area contributed by atoms with Crippen molar-refractivity contribution in [2.24, 2.45) is 0 Å². The number of nitriles is 1. The van der Waals surface area contributed by atoms with Crippen LogP contribution < -0.4 is 0 Å². The fourth-order valence-electron chi connectivity index (χ4n) is 1.27. The molecule has 19 heavy (non-hydrogen) atoms. The Kier molecular flexibility index (Phi) is 6.02. The molecule has 1 aliphatic rings. The van der Waals surface area contributed by atoms with Crippen LogP contribution in [0.4, 0.5) is 0 Å². The minimum atomic E-state index is -3.45. The van der Waals surface area contributed by atoms with Gasteiger partial charge in [0.05, 0.1) is 19.8 Å². The van der Waals surface area contributed by atoms with Gasteiger partial charge in [0, 0.05) is 19.8 Å². The normalized spacial score (nSPS) is 17.2. The monoisotopic (exact) mass is 286 g/mol. The Labute approximate surface area is 113 Å².